The Morgan fingerprint density at radius 3 is 0.815 bits per heavy atom. The third-order valence-electron chi connectivity index (χ3n) is 10.7. The highest BCUT2D eigenvalue weighted by atomic mass is 32.2. The van der Waals surface area contributed by atoms with E-state index in [0.717, 1.165) is 7.11 Å². The summed E-state index contributed by atoms with van der Waals surface area (Å²) in [5, 5.41) is 0. The Hall–Kier alpha value is -6.88. The van der Waals surface area contributed by atoms with Crippen LogP contribution in [0.1, 0.15) is 22.8 Å². The van der Waals surface area contributed by atoms with Crippen molar-refractivity contribution in [2.45, 2.75) is 19.6 Å². The van der Waals surface area contributed by atoms with Gasteiger partial charge in [-0.15, -0.1) is 0 Å². The van der Waals surface area contributed by atoms with Gasteiger partial charge in [0.1, 0.15) is 0 Å². The number of fused-ring (bicyclic) bond motifs is 8. The van der Waals surface area contributed by atoms with Crippen molar-refractivity contribution in [2.75, 3.05) is 7.11 Å². The van der Waals surface area contributed by atoms with Gasteiger partial charge in [-0.25, -0.2) is 9.97 Å². The fourth-order valence-electron chi connectivity index (χ4n) is 7.69. The molecule has 0 saturated carbocycles. The van der Waals surface area contributed by atoms with Crippen LogP contribution in [0.25, 0.3) is 90.9 Å². The lowest BCUT2D eigenvalue weighted by molar-refractivity contribution is 0.397. The number of rotatable bonds is 9. The average molecular weight is 949 g/mol. The first kappa shape index (κ1) is 43.4. The predicted molar refractivity (Wildman–Crippen MR) is 244 cm³/mol. The number of nitrogens with zero attached hydrogens (tertiary/aromatic N) is 2. The van der Waals surface area contributed by atoms with Crippen molar-refractivity contribution < 1.29 is 51.5 Å². The van der Waals surface area contributed by atoms with Crippen LogP contribution in [0, 0.1) is 0 Å². The quantitative estimate of drug-likeness (QED) is 0.0672. The van der Waals surface area contributed by atoms with Gasteiger partial charge in [-0.3, -0.25) is 17.8 Å². The van der Waals surface area contributed by atoms with Crippen LogP contribution in [0.3, 0.4) is 0 Å². The van der Waals surface area contributed by atoms with E-state index in [1.54, 1.807) is 60.7 Å². The molecule has 65 heavy (non-hydrogen) atoms. The molecule has 9 rings (SSSR count). The second kappa shape index (κ2) is 16.0. The van der Waals surface area contributed by atoms with E-state index in [0.29, 0.717) is 89.4 Å². The summed E-state index contributed by atoms with van der Waals surface area (Å²) < 4.78 is 132. The molecule has 0 radical (unpaired) electrons. The lowest BCUT2D eigenvalue weighted by atomic mass is 10.0. The second-order valence-corrected chi connectivity index (χ2v) is 20.6. The highest BCUT2D eigenvalue weighted by molar-refractivity contribution is 7.87. The summed E-state index contributed by atoms with van der Waals surface area (Å²) in [6.07, 6.45) is 7.00. The van der Waals surface area contributed by atoms with E-state index in [1.165, 1.54) is 84.9 Å². The van der Waals surface area contributed by atoms with Gasteiger partial charge in [0.05, 0.1) is 49.5 Å². The third kappa shape index (κ3) is 8.36. The highest BCUT2D eigenvalue weighted by Gasteiger charge is 2.22. The second-order valence-electron chi connectivity index (χ2n) is 14.6. The molecule has 16 nitrogen and oxygen atoms in total. The van der Waals surface area contributed by atoms with Crippen LogP contribution in [0.15, 0.2) is 141 Å². The van der Waals surface area contributed by atoms with Crippen molar-refractivity contribution in [3.63, 3.8) is 0 Å². The third-order valence-corrected chi connectivity index (χ3v) is 14.6. The normalized spacial score (nSPS) is 13.0. The Kier molecular flexibility index (Phi) is 10.7. The summed E-state index contributed by atoms with van der Waals surface area (Å²) in [5.74, 6) is 0. The maximum absolute atomic E-state index is 12.6. The summed E-state index contributed by atoms with van der Waals surface area (Å²) in [4.78, 5) is 16.0. The van der Waals surface area contributed by atoms with Gasteiger partial charge in [-0.2, -0.15) is 33.7 Å². The Labute approximate surface area is 371 Å². The maximum Gasteiger partial charge on any atom is 0.296 e. The van der Waals surface area contributed by atoms with Gasteiger partial charge in [0, 0.05) is 44.3 Å². The molecule has 5 heterocycles. The zero-order valence-electron chi connectivity index (χ0n) is 33.4. The van der Waals surface area contributed by atoms with Crippen molar-refractivity contribution in [2.24, 2.45) is 0 Å². The number of benzene rings is 4. The predicted octanol–water partition coefficient (Wildman–Crippen LogP) is 8.40. The number of hydrogen-bond acceptors (Lipinski definition) is 11. The zero-order chi connectivity index (χ0) is 46.1. The van der Waals surface area contributed by atoms with Crippen LogP contribution in [-0.4, -0.2) is 74.4 Å². The van der Waals surface area contributed by atoms with E-state index >= 15 is 0 Å². The lowest BCUT2D eigenvalue weighted by Gasteiger charge is -2.08. The molecule has 0 unspecified atom stereocenters. The molecule has 0 aliphatic carbocycles. The zero-order valence-corrected chi connectivity index (χ0v) is 36.7. The molecule has 2 aliphatic heterocycles. The fraction of sp³-hybridized carbons (Fsp3) is 0.0222. The van der Waals surface area contributed by atoms with Gasteiger partial charge in [0.2, 0.25) is 0 Å². The van der Waals surface area contributed by atoms with Crippen LogP contribution >= 0.6 is 0 Å². The minimum atomic E-state index is -4.54. The minimum Gasteiger partial charge on any atom is -0.354 e. The van der Waals surface area contributed by atoms with Gasteiger partial charge in [-0.05, 0) is 119 Å². The molecule has 2 aliphatic rings. The maximum atomic E-state index is 12.6. The summed E-state index contributed by atoms with van der Waals surface area (Å²) in [6, 6.07) is 29.8. The molecule has 8 bridgehead atoms. The van der Waals surface area contributed by atoms with Crippen molar-refractivity contribution >= 4 is 86.8 Å². The van der Waals surface area contributed by atoms with Crippen LogP contribution in [0.5, 0.6) is 0 Å². The summed E-state index contributed by atoms with van der Waals surface area (Å²) in [6.45, 7) is 0. The summed E-state index contributed by atoms with van der Waals surface area (Å²) in [5.41, 5.74) is 7.77. The smallest absolute Gasteiger partial charge is 0.296 e. The van der Waals surface area contributed by atoms with E-state index < -0.39 is 40.5 Å². The Bertz CT molecular complexity index is 3730. The largest absolute Gasteiger partial charge is 0.354 e. The number of aromatic nitrogens is 4. The number of hydrogen-bond donors (Lipinski definition) is 5. The first-order valence-electron chi connectivity index (χ1n) is 19.1. The first-order chi connectivity index (χ1) is 30.8. The van der Waals surface area contributed by atoms with Crippen molar-refractivity contribution in [3.05, 3.63) is 144 Å². The summed E-state index contributed by atoms with van der Waals surface area (Å²) >= 11 is 0. The topological polar surface area (TPSA) is 264 Å². The van der Waals surface area contributed by atoms with Gasteiger partial charge in [-0.1, -0.05) is 48.5 Å². The average Bonchev–Trinajstić information content (AvgIpc) is 4.12. The van der Waals surface area contributed by atoms with E-state index in [2.05, 4.69) is 9.97 Å². The molecule has 328 valence electrons. The molecule has 3 aromatic heterocycles. The van der Waals surface area contributed by atoms with Crippen LogP contribution in [-0.2, 0) is 44.7 Å². The molecule has 0 saturated heterocycles. The monoisotopic (exact) mass is 948 g/mol. The number of nitrogens with one attached hydrogen (secondary N) is 2. The van der Waals surface area contributed by atoms with Gasteiger partial charge < -0.3 is 9.97 Å². The Morgan fingerprint density at radius 2 is 0.600 bits per heavy atom. The lowest BCUT2D eigenvalue weighted by Crippen LogP contribution is -2.02. The van der Waals surface area contributed by atoms with Crippen molar-refractivity contribution in [1.82, 2.24) is 19.9 Å². The number of H-pyrrole nitrogens is 2. The molecule has 4 aromatic carbocycles. The number of aromatic amines is 2. The first-order valence-corrected chi connectivity index (χ1v) is 24.8. The van der Waals surface area contributed by atoms with Gasteiger partial charge in [0.25, 0.3) is 40.5 Å². The molecule has 0 spiro atoms. The molecule has 7 aromatic rings. The van der Waals surface area contributed by atoms with Crippen LogP contribution in [0.4, 0.5) is 0 Å². The van der Waals surface area contributed by atoms with E-state index in [9.17, 15) is 47.3 Å². The molecular formula is C45H32N4O12S4. The van der Waals surface area contributed by atoms with E-state index in [-0.39, 0.29) is 19.6 Å². The molecule has 0 fully saturated rings. The van der Waals surface area contributed by atoms with E-state index in [4.69, 9.17) is 14.2 Å². The van der Waals surface area contributed by atoms with Crippen molar-refractivity contribution in [1.29, 1.82) is 0 Å². The fourth-order valence-corrected chi connectivity index (χ4v) is 9.79. The Balaban J connectivity index is 1.43. The molecule has 20 heteroatoms. The van der Waals surface area contributed by atoms with Crippen LogP contribution in [0.2, 0.25) is 0 Å². The SMILES string of the molecule is COS(=O)(=O)c1ccc(-c2c3nc(c(-c4ccc(S(=O)(=O)O)cc4)c4ccc([nH]4)c(-c4ccc(S(=O)(=O)O)cc4)c4nc(c(-c5ccc(S(=O)(=O)O)cc5)c5ccc2[nH]5)C=C4)C=C3)cc1. The van der Waals surface area contributed by atoms with Crippen LogP contribution < -0.4 is 0 Å². The van der Waals surface area contributed by atoms with Gasteiger partial charge in [0.15, 0.2) is 0 Å². The minimum absolute atomic E-state index is 0.0833. The van der Waals surface area contributed by atoms with E-state index in [1.807, 2.05) is 0 Å². The Morgan fingerprint density at radius 1 is 0.369 bits per heavy atom. The molecular weight excluding hydrogens is 917 g/mol. The standard InChI is InChI=1S/C45H32N4O12S4/c1-61-65(59,60)33-16-8-29(9-17-33)45-40-24-22-38(48-40)43(27-4-12-31(13-5-27)63(53,54)55)36-20-18-34(46-36)42(26-2-10-30(11-3-26)62(50,51)52)35-19-21-37(47-35)44(39-23-25-41(45)49-39)28-6-14-32(15-7-28)64(56,57)58/h2-25,46,49H,1H3,(H,50,51,52)(H,53,54,55)(H,56,57,58). The molecule has 5 N–H and O–H groups in total. The van der Waals surface area contributed by atoms with Gasteiger partial charge >= 0.3 is 0 Å². The molecule has 0 amide bonds. The highest BCUT2D eigenvalue weighted by Crippen LogP contribution is 2.39. The van der Waals surface area contributed by atoms with Crippen molar-refractivity contribution in [3.8, 4) is 44.5 Å². The summed E-state index contributed by atoms with van der Waals surface area (Å²) in [7, 11) is -16.6. The molecule has 0 atom stereocenters.